The van der Waals surface area contributed by atoms with E-state index in [0.29, 0.717) is 10.1 Å². The van der Waals surface area contributed by atoms with Gasteiger partial charge in [0, 0.05) is 10.3 Å². The molecule has 1 heterocycles. The van der Waals surface area contributed by atoms with Crippen LogP contribution in [0.2, 0.25) is 0 Å². The molecular weight excluding hydrogens is 281 g/mol. The van der Waals surface area contributed by atoms with Gasteiger partial charge in [-0.15, -0.1) is 11.3 Å². The number of rotatable bonds is 2. The van der Waals surface area contributed by atoms with Crippen molar-refractivity contribution in [1.29, 1.82) is 0 Å². The Morgan fingerprint density at radius 3 is 2.47 bits per heavy atom. The summed E-state index contributed by atoms with van der Waals surface area (Å²) in [6.07, 6.45) is -4.94. The Morgan fingerprint density at radius 2 is 1.89 bits per heavy atom. The average Bonchev–Trinajstić information content (AvgIpc) is 2.68. The molecule has 0 aliphatic carbocycles. The number of halogens is 3. The minimum Gasteiger partial charge on any atom is -0.366 e. The van der Waals surface area contributed by atoms with E-state index in [1.54, 1.807) is 11.4 Å². The number of nitrogens with one attached hydrogen (secondary N) is 1. The topological polar surface area (TPSA) is 72.2 Å². The van der Waals surface area contributed by atoms with Gasteiger partial charge in [-0.2, -0.15) is 13.2 Å². The van der Waals surface area contributed by atoms with Crippen molar-refractivity contribution in [3.63, 3.8) is 0 Å². The van der Waals surface area contributed by atoms with E-state index < -0.39 is 18.0 Å². The lowest BCUT2D eigenvalue weighted by Gasteiger charge is -2.04. The van der Waals surface area contributed by atoms with E-state index in [9.17, 15) is 22.8 Å². The Bertz CT molecular complexity index is 663. The van der Waals surface area contributed by atoms with Gasteiger partial charge in [0.05, 0.1) is 5.00 Å². The average molecular weight is 288 g/mol. The minimum absolute atomic E-state index is 0.0546. The maximum absolute atomic E-state index is 12.1. The molecule has 2 rings (SSSR count). The van der Waals surface area contributed by atoms with Crippen LogP contribution >= 0.6 is 11.3 Å². The lowest BCUT2D eigenvalue weighted by Crippen LogP contribution is -2.29. The van der Waals surface area contributed by atoms with Gasteiger partial charge in [0.15, 0.2) is 0 Å². The first kappa shape index (κ1) is 13.3. The number of amides is 2. The standard InChI is InChI=1S/C11H7F3N2O2S/c12-11(13,14)10(18)16-8-4-5-1-2-6(9(15)17)3-7(5)19-8/h1-4H,(H2,15,17)(H,16,18). The maximum atomic E-state index is 12.1. The fourth-order valence-electron chi connectivity index (χ4n) is 1.43. The second kappa shape index (κ2) is 4.54. The highest BCUT2D eigenvalue weighted by atomic mass is 32.1. The van der Waals surface area contributed by atoms with Crippen molar-refractivity contribution < 1.29 is 22.8 Å². The van der Waals surface area contributed by atoms with Crippen LogP contribution in [0.3, 0.4) is 0 Å². The molecule has 0 unspecified atom stereocenters. The van der Waals surface area contributed by atoms with E-state index in [-0.39, 0.29) is 10.6 Å². The summed E-state index contributed by atoms with van der Waals surface area (Å²) in [5.74, 6) is -2.66. The van der Waals surface area contributed by atoms with Gasteiger partial charge in [-0.1, -0.05) is 6.07 Å². The van der Waals surface area contributed by atoms with Crippen molar-refractivity contribution in [2.24, 2.45) is 5.73 Å². The van der Waals surface area contributed by atoms with E-state index in [0.717, 1.165) is 11.3 Å². The number of hydrogen-bond donors (Lipinski definition) is 2. The second-order valence-corrected chi connectivity index (χ2v) is 4.76. The van der Waals surface area contributed by atoms with Gasteiger partial charge >= 0.3 is 12.1 Å². The molecular formula is C11H7F3N2O2S. The lowest BCUT2D eigenvalue weighted by atomic mass is 10.2. The number of thiophene rings is 1. The first-order chi connectivity index (χ1) is 8.77. The third-order valence-corrected chi connectivity index (χ3v) is 3.31. The molecule has 0 bridgehead atoms. The zero-order valence-electron chi connectivity index (χ0n) is 9.25. The third-order valence-electron chi connectivity index (χ3n) is 2.30. The van der Waals surface area contributed by atoms with E-state index in [1.807, 2.05) is 0 Å². The molecule has 1 aromatic carbocycles. The van der Waals surface area contributed by atoms with Crippen molar-refractivity contribution in [2.75, 3.05) is 5.32 Å². The molecule has 2 aromatic rings. The number of carbonyl (C=O) groups excluding carboxylic acids is 2. The van der Waals surface area contributed by atoms with Gasteiger partial charge in [0.1, 0.15) is 0 Å². The summed E-state index contributed by atoms with van der Waals surface area (Å²) in [7, 11) is 0. The van der Waals surface area contributed by atoms with Gasteiger partial charge in [-0.05, 0) is 23.6 Å². The zero-order chi connectivity index (χ0) is 14.2. The number of hydrogen-bond acceptors (Lipinski definition) is 3. The van der Waals surface area contributed by atoms with E-state index >= 15 is 0 Å². The third kappa shape index (κ3) is 2.84. The molecule has 0 fully saturated rings. The number of carbonyl (C=O) groups is 2. The van der Waals surface area contributed by atoms with Crippen LogP contribution in [0.25, 0.3) is 10.1 Å². The highest BCUT2D eigenvalue weighted by Crippen LogP contribution is 2.31. The van der Waals surface area contributed by atoms with Crippen molar-refractivity contribution in [1.82, 2.24) is 0 Å². The molecule has 19 heavy (non-hydrogen) atoms. The van der Waals surface area contributed by atoms with Gasteiger partial charge in [0.25, 0.3) is 0 Å². The van der Waals surface area contributed by atoms with Crippen molar-refractivity contribution in [3.05, 3.63) is 29.8 Å². The predicted octanol–water partition coefficient (Wildman–Crippen LogP) is 2.50. The first-order valence-electron chi connectivity index (χ1n) is 4.99. The molecule has 8 heteroatoms. The summed E-state index contributed by atoms with van der Waals surface area (Å²) in [5, 5.41) is 2.43. The second-order valence-electron chi connectivity index (χ2n) is 3.68. The highest BCUT2D eigenvalue weighted by Gasteiger charge is 2.38. The molecule has 0 saturated carbocycles. The lowest BCUT2D eigenvalue weighted by molar-refractivity contribution is -0.167. The minimum atomic E-state index is -4.94. The Labute approximate surface area is 109 Å². The summed E-state index contributed by atoms with van der Waals surface area (Å²) < 4.78 is 36.8. The van der Waals surface area contributed by atoms with Crippen molar-refractivity contribution in [3.8, 4) is 0 Å². The Hall–Kier alpha value is -2.09. The molecule has 3 N–H and O–H groups in total. The maximum Gasteiger partial charge on any atom is 0.471 e. The number of benzene rings is 1. The van der Waals surface area contributed by atoms with E-state index in [2.05, 4.69) is 0 Å². The van der Waals surface area contributed by atoms with Gasteiger partial charge in [0.2, 0.25) is 5.91 Å². The molecule has 2 amide bonds. The molecule has 0 spiro atoms. The summed E-state index contributed by atoms with van der Waals surface area (Å²) in [6.45, 7) is 0. The highest BCUT2D eigenvalue weighted by molar-refractivity contribution is 7.23. The van der Waals surface area contributed by atoms with Crippen molar-refractivity contribution in [2.45, 2.75) is 6.18 Å². The van der Waals surface area contributed by atoms with Gasteiger partial charge in [-0.25, -0.2) is 0 Å². The fourth-order valence-corrected chi connectivity index (χ4v) is 2.43. The normalized spacial score (nSPS) is 11.5. The summed E-state index contributed by atoms with van der Waals surface area (Å²) in [6, 6.07) is 5.88. The van der Waals surface area contributed by atoms with Crippen LogP contribution in [0.1, 0.15) is 10.4 Å². The molecule has 4 nitrogen and oxygen atoms in total. The Morgan fingerprint density at radius 1 is 1.21 bits per heavy atom. The quantitative estimate of drug-likeness (QED) is 0.891. The molecule has 0 radical (unpaired) electrons. The van der Waals surface area contributed by atoms with Crippen LogP contribution in [0, 0.1) is 0 Å². The molecule has 0 aliphatic rings. The van der Waals surface area contributed by atoms with Crippen molar-refractivity contribution >= 4 is 38.2 Å². The van der Waals surface area contributed by atoms with Crippen LogP contribution in [0.4, 0.5) is 18.2 Å². The number of anilines is 1. The first-order valence-corrected chi connectivity index (χ1v) is 5.80. The molecule has 1 aromatic heterocycles. The molecule has 0 saturated heterocycles. The number of fused-ring (bicyclic) bond motifs is 1. The Kier molecular flexibility index (Phi) is 3.19. The number of nitrogens with two attached hydrogens (primary N) is 1. The number of primary amides is 1. The smallest absolute Gasteiger partial charge is 0.366 e. The summed E-state index contributed by atoms with van der Waals surface area (Å²) >= 11 is 0.934. The van der Waals surface area contributed by atoms with Crippen LogP contribution in [0.15, 0.2) is 24.3 Å². The van der Waals surface area contributed by atoms with Crippen LogP contribution in [-0.2, 0) is 4.79 Å². The molecule has 100 valence electrons. The number of alkyl halides is 3. The summed E-state index contributed by atoms with van der Waals surface area (Å²) in [5.41, 5.74) is 5.35. The zero-order valence-corrected chi connectivity index (χ0v) is 10.1. The monoisotopic (exact) mass is 288 g/mol. The van der Waals surface area contributed by atoms with Gasteiger partial charge < -0.3 is 11.1 Å². The SMILES string of the molecule is NC(=O)c1ccc2cc(NC(=O)C(F)(F)F)sc2c1. The Balaban J connectivity index is 2.32. The van der Waals surface area contributed by atoms with Crippen LogP contribution in [-0.4, -0.2) is 18.0 Å². The fraction of sp³-hybridized carbons (Fsp3) is 0.0909. The van der Waals surface area contributed by atoms with Gasteiger partial charge in [-0.3, -0.25) is 9.59 Å². The van der Waals surface area contributed by atoms with E-state index in [1.165, 1.54) is 18.2 Å². The largest absolute Gasteiger partial charge is 0.471 e. The van der Waals surface area contributed by atoms with Crippen LogP contribution < -0.4 is 11.1 Å². The molecule has 0 atom stereocenters. The molecule has 0 aliphatic heterocycles. The summed E-state index contributed by atoms with van der Waals surface area (Å²) in [4.78, 5) is 21.8. The van der Waals surface area contributed by atoms with Crippen LogP contribution in [0.5, 0.6) is 0 Å². The van der Waals surface area contributed by atoms with E-state index in [4.69, 9.17) is 5.73 Å². The predicted molar refractivity (Wildman–Crippen MR) is 65.0 cm³/mol.